The number of hydrogen-bond acceptors (Lipinski definition) is 3. The summed E-state index contributed by atoms with van der Waals surface area (Å²) in [5, 5.41) is 11.0. The molecule has 3 nitrogen and oxygen atoms in total. The lowest BCUT2D eigenvalue weighted by Crippen LogP contribution is -2.01. The Kier molecular flexibility index (Phi) is 3.93. The second-order valence-electron chi connectivity index (χ2n) is 5.18. The highest BCUT2D eigenvalue weighted by Gasteiger charge is 2.00. The SMILES string of the molecule is N#Cc1ccc2cc(OCCc3ccc(N)cc3)ccc2c1. The Labute approximate surface area is 129 Å². The van der Waals surface area contributed by atoms with Crippen LogP contribution >= 0.6 is 0 Å². The summed E-state index contributed by atoms with van der Waals surface area (Å²) in [5.41, 5.74) is 8.32. The molecule has 0 unspecified atom stereocenters. The second kappa shape index (κ2) is 6.19. The van der Waals surface area contributed by atoms with Gasteiger partial charge in [0.2, 0.25) is 0 Å². The minimum Gasteiger partial charge on any atom is -0.493 e. The van der Waals surface area contributed by atoms with Gasteiger partial charge in [-0.05, 0) is 52.7 Å². The standard InChI is InChI=1S/C19H16N2O/c20-13-15-1-4-17-12-19(8-5-16(17)11-15)22-10-9-14-2-6-18(21)7-3-14/h1-8,11-12H,9-10,21H2. The molecule has 3 rings (SSSR count). The van der Waals surface area contributed by atoms with Crippen molar-refractivity contribution in [3.05, 3.63) is 71.8 Å². The molecule has 3 heteroatoms. The van der Waals surface area contributed by atoms with Crippen molar-refractivity contribution in [3.63, 3.8) is 0 Å². The molecule has 0 aliphatic heterocycles. The molecule has 0 aliphatic carbocycles. The van der Waals surface area contributed by atoms with Crippen LogP contribution in [-0.4, -0.2) is 6.61 Å². The highest BCUT2D eigenvalue weighted by Crippen LogP contribution is 2.22. The molecule has 0 atom stereocenters. The van der Waals surface area contributed by atoms with Crippen LogP contribution in [0.2, 0.25) is 0 Å². The normalized spacial score (nSPS) is 10.3. The number of nitrogens with two attached hydrogens (primary N) is 1. The smallest absolute Gasteiger partial charge is 0.119 e. The summed E-state index contributed by atoms with van der Waals surface area (Å²) in [7, 11) is 0. The topological polar surface area (TPSA) is 59.0 Å². The van der Waals surface area contributed by atoms with Gasteiger partial charge >= 0.3 is 0 Å². The Hall–Kier alpha value is -2.99. The lowest BCUT2D eigenvalue weighted by molar-refractivity contribution is 0.322. The van der Waals surface area contributed by atoms with Gasteiger partial charge in [0, 0.05) is 12.1 Å². The molecule has 0 spiro atoms. The van der Waals surface area contributed by atoms with E-state index in [0.29, 0.717) is 12.2 Å². The van der Waals surface area contributed by atoms with E-state index >= 15 is 0 Å². The summed E-state index contributed by atoms with van der Waals surface area (Å²) in [5.74, 6) is 0.840. The molecule has 3 aromatic rings. The lowest BCUT2D eigenvalue weighted by Gasteiger charge is -2.08. The van der Waals surface area contributed by atoms with Gasteiger partial charge in [-0.25, -0.2) is 0 Å². The number of nitrogen functional groups attached to an aromatic ring is 1. The van der Waals surface area contributed by atoms with Gasteiger partial charge in [0.15, 0.2) is 0 Å². The third-order valence-electron chi connectivity index (χ3n) is 3.58. The van der Waals surface area contributed by atoms with Crippen molar-refractivity contribution in [2.45, 2.75) is 6.42 Å². The first kappa shape index (κ1) is 14.0. The molecule has 0 radical (unpaired) electrons. The Morgan fingerprint density at radius 1 is 0.909 bits per heavy atom. The van der Waals surface area contributed by atoms with Crippen molar-refractivity contribution in [1.82, 2.24) is 0 Å². The zero-order valence-corrected chi connectivity index (χ0v) is 12.1. The Morgan fingerprint density at radius 3 is 2.41 bits per heavy atom. The van der Waals surface area contributed by atoms with Gasteiger partial charge in [-0.1, -0.05) is 24.3 Å². The first-order valence-corrected chi connectivity index (χ1v) is 7.16. The summed E-state index contributed by atoms with van der Waals surface area (Å²) in [6.45, 7) is 0.617. The number of fused-ring (bicyclic) bond motifs is 1. The monoisotopic (exact) mass is 288 g/mol. The number of anilines is 1. The van der Waals surface area contributed by atoms with Crippen molar-refractivity contribution in [2.75, 3.05) is 12.3 Å². The fraction of sp³-hybridized carbons (Fsp3) is 0.105. The third-order valence-corrected chi connectivity index (χ3v) is 3.58. The molecule has 22 heavy (non-hydrogen) atoms. The predicted molar refractivity (Wildman–Crippen MR) is 88.7 cm³/mol. The van der Waals surface area contributed by atoms with Crippen molar-refractivity contribution in [2.24, 2.45) is 0 Å². The molecule has 0 bridgehead atoms. The molecule has 0 fully saturated rings. The van der Waals surface area contributed by atoms with E-state index in [1.54, 1.807) is 0 Å². The number of ether oxygens (including phenoxy) is 1. The lowest BCUT2D eigenvalue weighted by atomic mass is 10.1. The largest absolute Gasteiger partial charge is 0.493 e. The summed E-state index contributed by atoms with van der Waals surface area (Å²) in [6.07, 6.45) is 0.839. The Morgan fingerprint density at radius 2 is 1.64 bits per heavy atom. The van der Waals surface area contributed by atoms with E-state index in [-0.39, 0.29) is 0 Å². The molecule has 0 saturated heterocycles. The van der Waals surface area contributed by atoms with E-state index in [4.69, 9.17) is 15.7 Å². The van der Waals surface area contributed by atoms with Crippen LogP contribution in [0.25, 0.3) is 10.8 Å². The number of benzene rings is 3. The maximum absolute atomic E-state index is 8.91. The van der Waals surface area contributed by atoms with Crippen LogP contribution in [0.5, 0.6) is 5.75 Å². The molecule has 0 heterocycles. The highest BCUT2D eigenvalue weighted by atomic mass is 16.5. The molecular weight excluding hydrogens is 272 g/mol. The van der Waals surface area contributed by atoms with Gasteiger partial charge in [-0.15, -0.1) is 0 Å². The second-order valence-corrected chi connectivity index (χ2v) is 5.18. The molecule has 0 aliphatic rings. The number of nitriles is 1. The van der Waals surface area contributed by atoms with E-state index < -0.39 is 0 Å². The molecule has 108 valence electrons. The molecular formula is C19H16N2O. The quantitative estimate of drug-likeness (QED) is 0.740. The number of nitrogens with zero attached hydrogens (tertiary/aromatic N) is 1. The summed E-state index contributed by atoms with van der Waals surface area (Å²) in [4.78, 5) is 0. The molecule has 2 N–H and O–H groups in total. The number of rotatable bonds is 4. The van der Waals surface area contributed by atoms with Crippen LogP contribution in [0.1, 0.15) is 11.1 Å². The summed E-state index contributed by atoms with van der Waals surface area (Å²) in [6, 6.07) is 21.5. The molecule has 0 saturated carbocycles. The van der Waals surface area contributed by atoms with E-state index in [0.717, 1.165) is 28.6 Å². The maximum atomic E-state index is 8.91. The minimum absolute atomic E-state index is 0.617. The Bertz CT molecular complexity index is 832. The van der Waals surface area contributed by atoms with Gasteiger partial charge in [0.25, 0.3) is 0 Å². The zero-order chi connectivity index (χ0) is 15.4. The van der Waals surface area contributed by atoms with E-state index in [1.807, 2.05) is 60.7 Å². The van der Waals surface area contributed by atoms with E-state index in [2.05, 4.69) is 6.07 Å². The van der Waals surface area contributed by atoms with Crippen molar-refractivity contribution < 1.29 is 4.74 Å². The van der Waals surface area contributed by atoms with Crippen LogP contribution in [0.3, 0.4) is 0 Å². The molecule has 0 aromatic heterocycles. The van der Waals surface area contributed by atoms with Crippen LogP contribution in [0.15, 0.2) is 60.7 Å². The molecule has 0 amide bonds. The van der Waals surface area contributed by atoms with Crippen molar-refractivity contribution in [1.29, 1.82) is 5.26 Å². The van der Waals surface area contributed by atoms with Crippen molar-refractivity contribution in [3.8, 4) is 11.8 Å². The van der Waals surface area contributed by atoms with Gasteiger partial charge in [-0.3, -0.25) is 0 Å². The first-order chi connectivity index (χ1) is 10.7. The highest BCUT2D eigenvalue weighted by molar-refractivity contribution is 5.85. The first-order valence-electron chi connectivity index (χ1n) is 7.16. The number of hydrogen-bond donors (Lipinski definition) is 1. The van der Waals surface area contributed by atoms with E-state index in [1.165, 1.54) is 5.56 Å². The van der Waals surface area contributed by atoms with E-state index in [9.17, 15) is 0 Å². The van der Waals surface area contributed by atoms with Crippen LogP contribution in [-0.2, 0) is 6.42 Å². The van der Waals surface area contributed by atoms with Gasteiger partial charge < -0.3 is 10.5 Å². The van der Waals surface area contributed by atoms with Crippen molar-refractivity contribution >= 4 is 16.5 Å². The average molecular weight is 288 g/mol. The van der Waals surface area contributed by atoms with Crippen LogP contribution in [0.4, 0.5) is 5.69 Å². The predicted octanol–water partition coefficient (Wildman–Crippen LogP) is 3.92. The van der Waals surface area contributed by atoms with Gasteiger partial charge in [0.1, 0.15) is 5.75 Å². The fourth-order valence-electron chi connectivity index (χ4n) is 2.35. The maximum Gasteiger partial charge on any atom is 0.119 e. The summed E-state index contributed by atoms with van der Waals surface area (Å²) < 4.78 is 5.81. The molecule has 3 aromatic carbocycles. The third kappa shape index (κ3) is 3.18. The van der Waals surface area contributed by atoms with Crippen LogP contribution in [0, 0.1) is 11.3 Å². The summed E-state index contributed by atoms with van der Waals surface area (Å²) >= 11 is 0. The zero-order valence-electron chi connectivity index (χ0n) is 12.1. The van der Waals surface area contributed by atoms with Gasteiger partial charge in [-0.2, -0.15) is 5.26 Å². The Balaban J connectivity index is 1.66. The van der Waals surface area contributed by atoms with Crippen LogP contribution < -0.4 is 10.5 Å². The fourth-order valence-corrected chi connectivity index (χ4v) is 2.35. The van der Waals surface area contributed by atoms with Gasteiger partial charge in [0.05, 0.1) is 18.2 Å². The minimum atomic E-state index is 0.617. The average Bonchev–Trinajstić information content (AvgIpc) is 2.56.